The highest BCUT2D eigenvalue weighted by Crippen LogP contribution is 2.31. The van der Waals surface area contributed by atoms with Crippen LogP contribution < -0.4 is 0 Å². The van der Waals surface area contributed by atoms with Crippen molar-refractivity contribution < 1.29 is 0 Å². The van der Waals surface area contributed by atoms with Gasteiger partial charge in [-0.25, -0.2) is 4.98 Å². The summed E-state index contributed by atoms with van der Waals surface area (Å²) in [5.74, 6) is 0. The van der Waals surface area contributed by atoms with Crippen molar-refractivity contribution in [3.05, 3.63) is 57.8 Å². The number of hydrogen-bond donors (Lipinski definition) is 0. The Kier molecular flexibility index (Phi) is 3.33. The predicted octanol–water partition coefficient (Wildman–Crippen LogP) is 5.85. The Morgan fingerprint density at radius 1 is 0.952 bits per heavy atom. The molecule has 102 valence electrons. The molecule has 0 aliphatic carbocycles. The minimum absolute atomic E-state index is 1.01. The van der Waals surface area contributed by atoms with Crippen LogP contribution in [0.1, 0.15) is 0 Å². The van der Waals surface area contributed by atoms with E-state index in [0.717, 1.165) is 31.8 Å². The third kappa shape index (κ3) is 2.52. The van der Waals surface area contributed by atoms with Gasteiger partial charge in [0.2, 0.25) is 0 Å². The second kappa shape index (κ2) is 5.33. The van der Waals surface area contributed by atoms with Crippen LogP contribution in [0.4, 0.5) is 0 Å². The molecule has 4 rings (SSSR count). The van der Waals surface area contributed by atoms with E-state index in [1.165, 1.54) is 4.70 Å². The molecule has 0 amide bonds. The molecule has 4 aromatic rings. The van der Waals surface area contributed by atoms with E-state index in [1.54, 1.807) is 22.7 Å². The number of rotatable bonds is 2. The fourth-order valence-electron chi connectivity index (χ4n) is 2.12. The molecule has 0 unspecified atom stereocenters. The molecule has 21 heavy (non-hydrogen) atoms. The first kappa shape index (κ1) is 13.1. The Bertz CT molecular complexity index is 909. The van der Waals surface area contributed by atoms with Gasteiger partial charge in [0, 0.05) is 27.2 Å². The molecular formula is C16H9BrN2S2. The molecule has 0 spiro atoms. The number of pyridine rings is 1. The van der Waals surface area contributed by atoms with Crippen LogP contribution in [0.15, 0.2) is 57.8 Å². The van der Waals surface area contributed by atoms with Crippen LogP contribution in [0.2, 0.25) is 0 Å². The predicted molar refractivity (Wildman–Crippen MR) is 93.9 cm³/mol. The van der Waals surface area contributed by atoms with Crippen molar-refractivity contribution >= 4 is 48.8 Å². The molecule has 2 nitrogen and oxygen atoms in total. The van der Waals surface area contributed by atoms with Crippen molar-refractivity contribution in [2.45, 2.75) is 0 Å². The van der Waals surface area contributed by atoms with Gasteiger partial charge in [0.15, 0.2) is 0 Å². The van der Waals surface area contributed by atoms with Crippen molar-refractivity contribution in [3.8, 4) is 21.8 Å². The Balaban J connectivity index is 1.74. The monoisotopic (exact) mass is 372 g/mol. The highest BCUT2D eigenvalue weighted by Gasteiger charge is 2.08. The van der Waals surface area contributed by atoms with Crippen LogP contribution in [-0.2, 0) is 0 Å². The number of thiophene rings is 1. The van der Waals surface area contributed by atoms with E-state index in [1.807, 2.05) is 24.4 Å². The topological polar surface area (TPSA) is 25.8 Å². The standard InChI is InChI=1S/C16H9BrN2S2/c17-12-3-1-10(2-4-12)14-9-21-16(19-14)11-7-15-13(18-8-11)5-6-20-15/h1-9H. The van der Waals surface area contributed by atoms with Crippen molar-refractivity contribution in [1.29, 1.82) is 0 Å². The van der Waals surface area contributed by atoms with Crippen LogP contribution in [0.5, 0.6) is 0 Å². The van der Waals surface area contributed by atoms with Gasteiger partial charge in [-0.05, 0) is 29.6 Å². The lowest BCUT2D eigenvalue weighted by Gasteiger charge is -1.97. The minimum Gasteiger partial charge on any atom is -0.255 e. The van der Waals surface area contributed by atoms with Crippen molar-refractivity contribution in [1.82, 2.24) is 9.97 Å². The molecule has 0 N–H and O–H groups in total. The molecule has 5 heteroatoms. The number of hydrogen-bond acceptors (Lipinski definition) is 4. The Hall–Kier alpha value is -1.56. The third-order valence-electron chi connectivity index (χ3n) is 3.19. The number of aromatic nitrogens is 2. The van der Waals surface area contributed by atoms with Crippen LogP contribution in [0.25, 0.3) is 32.0 Å². The maximum atomic E-state index is 4.74. The highest BCUT2D eigenvalue weighted by atomic mass is 79.9. The molecule has 3 aromatic heterocycles. The van der Waals surface area contributed by atoms with Gasteiger partial charge >= 0.3 is 0 Å². The van der Waals surface area contributed by atoms with Crippen molar-refractivity contribution in [2.75, 3.05) is 0 Å². The van der Waals surface area contributed by atoms with E-state index in [9.17, 15) is 0 Å². The normalized spacial score (nSPS) is 11.1. The van der Waals surface area contributed by atoms with Crippen molar-refractivity contribution in [2.24, 2.45) is 0 Å². The molecule has 0 aliphatic rings. The highest BCUT2D eigenvalue weighted by molar-refractivity contribution is 9.10. The first-order valence-corrected chi connectivity index (χ1v) is 8.90. The van der Waals surface area contributed by atoms with Gasteiger partial charge in [-0.3, -0.25) is 4.98 Å². The molecule has 0 atom stereocenters. The second-order valence-corrected chi connectivity index (χ2v) is 7.29. The van der Waals surface area contributed by atoms with E-state index in [2.05, 4.69) is 49.9 Å². The van der Waals surface area contributed by atoms with Gasteiger partial charge < -0.3 is 0 Å². The van der Waals surface area contributed by atoms with Crippen LogP contribution in [0, 0.1) is 0 Å². The zero-order valence-corrected chi connectivity index (χ0v) is 14.0. The first-order chi connectivity index (χ1) is 10.3. The Morgan fingerprint density at radius 3 is 2.67 bits per heavy atom. The van der Waals surface area contributed by atoms with Crippen LogP contribution in [0.3, 0.4) is 0 Å². The van der Waals surface area contributed by atoms with E-state index < -0.39 is 0 Å². The summed E-state index contributed by atoms with van der Waals surface area (Å²) in [5.41, 5.74) is 4.27. The summed E-state index contributed by atoms with van der Waals surface area (Å²) >= 11 is 6.82. The molecule has 0 saturated carbocycles. The molecule has 0 fully saturated rings. The maximum Gasteiger partial charge on any atom is 0.125 e. The quantitative estimate of drug-likeness (QED) is 0.441. The number of fused-ring (bicyclic) bond motifs is 1. The van der Waals surface area contributed by atoms with Gasteiger partial charge in [0.05, 0.1) is 15.9 Å². The van der Waals surface area contributed by atoms with Gasteiger partial charge in [-0.15, -0.1) is 22.7 Å². The summed E-state index contributed by atoms with van der Waals surface area (Å²) in [5, 5.41) is 5.17. The fraction of sp³-hybridized carbons (Fsp3) is 0. The lowest BCUT2D eigenvalue weighted by molar-refractivity contribution is 1.37. The summed E-state index contributed by atoms with van der Waals surface area (Å²) in [6.07, 6.45) is 1.90. The third-order valence-corrected chi connectivity index (χ3v) is 5.47. The van der Waals surface area contributed by atoms with Gasteiger partial charge in [-0.2, -0.15) is 0 Å². The zero-order chi connectivity index (χ0) is 14.2. The summed E-state index contributed by atoms with van der Waals surface area (Å²) < 4.78 is 2.28. The average Bonchev–Trinajstić information content (AvgIpc) is 3.16. The van der Waals surface area contributed by atoms with Crippen molar-refractivity contribution in [3.63, 3.8) is 0 Å². The maximum absolute atomic E-state index is 4.74. The van der Waals surface area contributed by atoms with Gasteiger partial charge in [-0.1, -0.05) is 28.1 Å². The number of nitrogens with zero attached hydrogens (tertiary/aromatic N) is 2. The summed E-state index contributed by atoms with van der Waals surface area (Å²) in [7, 11) is 0. The van der Waals surface area contributed by atoms with Gasteiger partial charge in [0.25, 0.3) is 0 Å². The van der Waals surface area contributed by atoms with Crippen LogP contribution >= 0.6 is 38.6 Å². The smallest absolute Gasteiger partial charge is 0.125 e. The largest absolute Gasteiger partial charge is 0.255 e. The number of thiazole rings is 1. The SMILES string of the molecule is Brc1ccc(-c2csc(-c3cnc4ccsc4c3)n2)cc1. The fourth-order valence-corrected chi connectivity index (χ4v) is 3.98. The lowest BCUT2D eigenvalue weighted by Crippen LogP contribution is -1.81. The summed E-state index contributed by atoms with van der Waals surface area (Å²) in [4.78, 5) is 9.22. The van der Waals surface area contributed by atoms with E-state index in [4.69, 9.17) is 4.98 Å². The van der Waals surface area contributed by atoms with E-state index in [-0.39, 0.29) is 0 Å². The molecule has 3 heterocycles. The summed E-state index contributed by atoms with van der Waals surface area (Å²) in [6.45, 7) is 0. The van der Waals surface area contributed by atoms with E-state index >= 15 is 0 Å². The number of halogens is 1. The second-order valence-electron chi connectivity index (χ2n) is 4.57. The Labute approximate surface area is 138 Å². The van der Waals surface area contributed by atoms with E-state index in [0.29, 0.717) is 0 Å². The molecule has 0 aliphatic heterocycles. The molecule has 1 aromatic carbocycles. The molecule has 0 bridgehead atoms. The summed E-state index contributed by atoms with van der Waals surface area (Å²) in [6, 6.07) is 12.4. The Morgan fingerprint density at radius 2 is 1.81 bits per heavy atom. The number of benzene rings is 1. The molecular weight excluding hydrogens is 364 g/mol. The average molecular weight is 373 g/mol. The zero-order valence-electron chi connectivity index (χ0n) is 10.8. The van der Waals surface area contributed by atoms with Crippen LogP contribution in [-0.4, -0.2) is 9.97 Å². The van der Waals surface area contributed by atoms with Gasteiger partial charge in [0.1, 0.15) is 5.01 Å². The lowest BCUT2D eigenvalue weighted by atomic mass is 10.2. The minimum atomic E-state index is 1.01. The first-order valence-electron chi connectivity index (χ1n) is 6.35. The molecule has 0 radical (unpaired) electrons. The molecule has 0 saturated heterocycles.